The number of nitrogens with one attached hydrogen (secondary N) is 3. The molecule has 9 nitrogen and oxygen atoms in total. The van der Waals surface area contributed by atoms with Crippen LogP contribution in [0.25, 0.3) is 0 Å². The van der Waals surface area contributed by atoms with Crippen molar-refractivity contribution in [1.29, 1.82) is 0 Å². The van der Waals surface area contributed by atoms with Crippen LogP contribution in [0.1, 0.15) is 41.0 Å². The Labute approximate surface area is 177 Å². The van der Waals surface area contributed by atoms with Gasteiger partial charge in [-0.3, -0.25) is 9.59 Å². The smallest absolute Gasteiger partial charge is 0.242 e. The Bertz CT molecular complexity index is 799. The zero-order valence-corrected chi connectivity index (χ0v) is 18.4. The lowest BCUT2D eigenvalue weighted by molar-refractivity contribution is -0.125. The highest BCUT2D eigenvalue weighted by atomic mass is 16.5. The monoisotopic (exact) mass is 419 g/mol. The van der Waals surface area contributed by atoms with E-state index in [0.29, 0.717) is 36.4 Å². The summed E-state index contributed by atoms with van der Waals surface area (Å²) in [5.41, 5.74) is 5.02. The number of rotatable bonds is 6. The number of nitrogens with two attached hydrogens (primary N) is 1. The van der Waals surface area contributed by atoms with Crippen LogP contribution in [-0.2, 0) is 9.59 Å². The predicted octanol–water partition coefficient (Wildman–Crippen LogP) is 1.63. The Hall–Kier alpha value is -2.97. The van der Waals surface area contributed by atoms with Crippen molar-refractivity contribution in [3.05, 3.63) is 18.2 Å². The summed E-state index contributed by atoms with van der Waals surface area (Å²) in [5, 5.41) is 9.10. The van der Waals surface area contributed by atoms with Crippen LogP contribution in [0.15, 0.2) is 23.2 Å². The van der Waals surface area contributed by atoms with Gasteiger partial charge in [0.15, 0.2) is 17.5 Å². The van der Waals surface area contributed by atoms with E-state index in [4.69, 9.17) is 15.2 Å². The number of nitrogens with zero attached hydrogens (tertiary/aromatic N) is 1. The van der Waals surface area contributed by atoms with Gasteiger partial charge in [-0.1, -0.05) is 0 Å². The molecule has 0 atom stereocenters. The zero-order chi connectivity index (χ0) is 22.4. The molecule has 1 aliphatic heterocycles. The Kier molecular flexibility index (Phi) is 7.53. The Balaban J connectivity index is 2.16. The maximum absolute atomic E-state index is 12.2. The molecule has 2 amide bonds. The van der Waals surface area contributed by atoms with E-state index in [0.717, 1.165) is 6.42 Å². The molecule has 0 radical (unpaired) electrons. The highest BCUT2D eigenvalue weighted by Gasteiger charge is 2.25. The highest BCUT2D eigenvalue weighted by molar-refractivity contribution is 5.96. The lowest BCUT2D eigenvalue weighted by Crippen LogP contribution is -2.45. The van der Waals surface area contributed by atoms with Crippen molar-refractivity contribution in [2.45, 2.75) is 46.6 Å². The van der Waals surface area contributed by atoms with Crippen LogP contribution in [0, 0.1) is 5.41 Å². The first-order valence-electron chi connectivity index (χ1n) is 10.0. The van der Waals surface area contributed by atoms with Crippen molar-refractivity contribution >= 4 is 23.5 Å². The Morgan fingerprint density at radius 2 is 1.77 bits per heavy atom. The molecule has 0 aromatic heterocycles. The summed E-state index contributed by atoms with van der Waals surface area (Å²) < 4.78 is 11.4. The van der Waals surface area contributed by atoms with Crippen LogP contribution >= 0.6 is 0 Å². The van der Waals surface area contributed by atoms with Gasteiger partial charge in [-0.05, 0) is 46.8 Å². The van der Waals surface area contributed by atoms with Gasteiger partial charge >= 0.3 is 0 Å². The van der Waals surface area contributed by atoms with Crippen LogP contribution in [0.5, 0.6) is 11.5 Å². The van der Waals surface area contributed by atoms with Gasteiger partial charge in [0.05, 0.1) is 18.6 Å². The molecule has 1 aromatic carbocycles. The van der Waals surface area contributed by atoms with Gasteiger partial charge in [0, 0.05) is 30.3 Å². The molecule has 166 valence electrons. The summed E-state index contributed by atoms with van der Waals surface area (Å²) in [4.78, 5) is 28.2. The minimum atomic E-state index is -0.791. The minimum Gasteiger partial charge on any atom is -0.490 e. The van der Waals surface area contributed by atoms with E-state index in [-0.39, 0.29) is 24.5 Å². The van der Waals surface area contributed by atoms with Gasteiger partial charge in [-0.15, -0.1) is 0 Å². The largest absolute Gasteiger partial charge is 0.490 e. The third kappa shape index (κ3) is 7.46. The van der Waals surface area contributed by atoms with E-state index in [9.17, 15) is 9.59 Å². The van der Waals surface area contributed by atoms with Crippen molar-refractivity contribution in [2.24, 2.45) is 16.1 Å². The van der Waals surface area contributed by atoms with Crippen molar-refractivity contribution in [3.8, 4) is 11.5 Å². The lowest BCUT2D eigenvalue weighted by Gasteiger charge is -2.23. The third-order valence-corrected chi connectivity index (χ3v) is 4.27. The number of aliphatic imine (C=N–C) groups is 1. The third-order valence-electron chi connectivity index (χ3n) is 4.27. The van der Waals surface area contributed by atoms with Crippen molar-refractivity contribution in [2.75, 3.05) is 31.6 Å². The number of fused-ring (bicyclic) bond motifs is 1. The summed E-state index contributed by atoms with van der Waals surface area (Å²) in [5.74, 6) is 1.03. The van der Waals surface area contributed by atoms with E-state index in [1.165, 1.54) is 0 Å². The minimum absolute atomic E-state index is 0.0752. The standard InChI is InChI=1S/C21H33N5O4/c1-20(2,3)26-17(27)12-23-19(24-13-21(4,5)18(22)28)25-14-7-8-15-16(11-14)30-10-6-9-29-15/h7-8,11H,6,9-10,12-13H2,1-5H3,(H2,22,28)(H,26,27)(H2,23,24,25). The van der Waals surface area contributed by atoms with Crippen LogP contribution < -0.4 is 31.2 Å². The molecule has 0 saturated carbocycles. The maximum Gasteiger partial charge on any atom is 0.242 e. The van der Waals surface area contributed by atoms with E-state index < -0.39 is 11.3 Å². The van der Waals surface area contributed by atoms with Crippen LogP contribution in [0.4, 0.5) is 5.69 Å². The molecule has 0 fully saturated rings. The SMILES string of the molecule is CC(C)(C)NC(=O)CN=C(NCC(C)(C)C(N)=O)Nc1ccc2c(c1)OCCCO2. The van der Waals surface area contributed by atoms with Crippen LogP contribution in [0.2, 0.25) is 0 Å². The van der Waals surface area contributed by atoms with Gasteiger partial charge < -0.3 is 31.2 Å². The number of amides is 2. The predicted molar refractivity (Wildman–Crippen MR) is 117 cm³/mol. The molecular formula is C21H33N5O4. The van der Waals surface area contributed by atoms with Crippen LogP contribution in [-0.4, -0.2) is 49.6 Å². The number of hydrogen-bond donors (Lipinski definition) is 4. The number of primary amides is 1. The fourth-order valence-corrected chi connectivity index (χ4v) is 2.52. The molecule has 1 aliphatic rings. The Morgan fingerprint density at radius 3 is 2.40 bits per heavy atom. The van der Waals surface area contributed by atoms with Gasteiger partial charge in [-0.2, -0.15) is 0 Å². The average Bonchev–Trinajstić information content (AvgIpc) is 2.87. The van der Waals surface area contributed by atoms with Gasteiger partial charge in [-0.25, -0.2) is 4.99 Å². The summed E-state index contributed by atoms with van der Waals surface area (Å²) in [7, 11) is 0. The number of benzene rings is 1. The molecule has 0 unspecified atom stereocenters. The van der Waals surface area contributed by atoms with Gasteiger partial charge in [0.1, 0.15) is 6.54 Å². The zero-order valence-electron chi connectivity index (χ0n) is 18.4. The molecule has 0 saturated heterocycles. The number of ether oxygens (including phenoxy) is 2. The average molecular weight is 420 g/mol. The maximum atomic E-state index is 12.2. The van der Waals surface area contributed by atoms with E-state index in [1.807, 2.05) is 39.0 Å². The normalized spacial score (nSPS) is 14.5. The summed E-state index contributed by atoms with van der Waals surface area (Å²) in [6, 6.07) is 5.46. The summed E-state index contributed by atoms with van der Waals surface area (Å²) in [6.07, 6.45) is 0.816. The molecule has 2 rings (SSSR count). The van der Waals surface area contributed by atoms with E-state index in [1.54, 1.807) is 13.8 Å². The summed E-state index contributed by atoms with van der Waals surface area (Å²) >= 11 is 0. The Morgan fingerprint density at radius 1 is 1.10 bits per heavy atom. The second kappa shape index (κ2) is 9.69. The molecule has 9 heteroatoms. The molecular weight excluding hydrogens is 386 g/mol. The molecule has 0 spiro atoms. The fourth-order valence-electron chi connectivity index (χ4n) is 2.52. The quantitative estimate of drug-likeness (QED) is 0.410. The van der Waals surface area contributed by atoms with Crippen molar-refractivity contribution in [3.63, 3.8) is 0 Å². The highest BCUT2D eigenvalue weighted by Crippen LogP contribution is 2.32. The molecule has 1 aromatic rings. The summed E-state index contributed by atoms with van der Waals surface area (Å²) in [6.45, 7) is 10.5. The topological polar surface area (TPSA) is 127 Å². The van der Waals surface area contributed by atoms with E-state index >= 15 is 0 Å². The number of hydrogen-bond acceptors (Lipinski definition) is 5. The molecule has 5 N–H and O–H groups in total. The van der Waals surface area contributed by atoms with Gasteiger partial charge in [0.25, 0.3) is 0 Å². The molecule has 1 heterocycles. The van der Waals surface area contributed by atoms with E-state index in [2.05, 4.69) is 20.9 Å². The van der Waals surface area contributed by atoms with Gasteiger partial charge in [0.2, 0.25) is 11.8 Å². The lowest BCUT2D eigenvalue weighted by atomic mass is 9.93. The van der Waals surface area contributed by atoms with Crippen LogP contribution in [0.3, 0.4) is 0 Å². The molecule has 0 bridgehead atoms. The second-order valence-corrected chi connectivity index (χ2v) is 8.90. The van der Waals surface area contributed by atoms with Crippen molar-refractivity contribution < 1.29 is 19.1 Å². The van der Waals surface area contributed by atoms with Crippen molar-refractivity contribution in [1.82, 2.24) is 10.6 Å². The second-order valence-electron chi connectivity index (χ2n) is 8.90. The first kappa shape index (κ1) is 23.3. The number of guanidine groups is 1. The number of anilines is 1. The fraction of sp³-hybridized carbons (Fsp3) is 0.571. The first-order chi connectivity index (χ1) is 14.0. The molecule has 30 heavy (non-hydrogen) atoms. The molecule has 0 aliphatic carbocycles. The number of carbonyl (C=O) groups excluding carboxylic acids is 2. The number of carbonyl (C=O) groups is 2. The first-order valence-corrected chi connectivity index (χ1v) is 10.0.